The molecule has 0 aliphatic carbocycles. The molecule has 0 spiro atoms. The van der Waals surface area contributed by atoms with Gasteiger partial charge in [-0.15, -0.1) is 0 Å². The molecule has 2 aromatic heterocycles. The zero-order valence-corrected chi connectivity index (χ0v) is 16.1. The lowest BCUT2D eigenvalue weighted by molar-refractivity contribution is 0.498. The van der Waals surface area contributed by atoms with Crippen molar-refractivity contribution in [2.75, 3.05) is 11.5 Å². The molecule has 5 rings (SSSR count). The zero-order valence-electron chi connectivity index (χ0n) is 16.1. The maximum Gasteiger partial charge on any atom is 0.346 e. The van der Waals surface area contributed by atoms with Crippen LogP contribution in [0, 0.1) is 0 Å². The number of furan rings is 2. The van der Waals surface area contributed by atoms with Crippen LogP contribution >= 0.6 is 0 Å². The molecular formula is C23H16N2O6. The van der Waals surface area contributed by atoms with Crippen LogP contribution in [0.2, 0.25) is 0 Å². The lowest BCUT2D eigenvalue weighted by Crippen LogP contribution is -1.96. The molecule has 5 aromatic rings. The quantitative estimate of drug-likeness (QED) is 0.415. The number of hydrogen-bond donors (Lipinski definition) is 2. The van der Waals surface area contributed by atoms with Gasteiger partial charge in [-0.05, 0) is 53.9 Å². The van der Waals surface area contributed by atoms with Gasteiger partial charge in [0.25, 0.3) is 0 Å². The van der Waals surface area contributed by atoms with E-state index in [0.29, 0.717) is 0 Å². The molecule has 0 radical (unpaired) electrons. The highest BCUT2D eigenvalue weighted by Crippen LogP contribution is 2.14. The normalized spacial score (nSPS) is 10.8. The summed E-state index contributed by atoms with van der Waals surface area (Å²) >= 11 is 0. The van der Waals surface area contributed by atoms with E-state index < -0.39 is 22.5 Å². The summed E-state index contributed by atoms with van der Waals surface area (Å²) in [5.74, 6) is 0. The van der Waals surface area contributed by atoms with Crippen LogP contribution in [0.3, 0.4) is 0 Å². The summed E-state index contributed by atoms with van der Waals surface area (Å²) in [7, 11) is 0. The molecule has 8 nitrogen and oxygen atoms in total. The molecule has 0 amide bonds. The Labute approximate surface area is 173 Å². The van der Waals surface area contributed by atoms with Gasteiger partial charge in [-0.1, -0.05) is 24.3 Å². The topological polar surface area (TPSA) is 147 Å². The fourth-order valence-corrected chi connectivity index (χ4v) is 3.17. The van der Waals surface area contributed by atoms with Gasteiger partial charge < -0.3 is 20.3 Å². The predicted molar refractivity (Wildman–Crippen MR) is 118 cm³/mol. The van der Waals surface area contributed by atoms with Crippen molar-refractivity contribution in [3.63, 3.8) is 0 Å². The molecule has 3 aromatic carbocycles. The second-order valence-electron chi connectivity index (χ2n) is 6.96. The minimum absolute atomic E-state index is 0.0181. The summed E-state index contributed by atoms with van der Waals surface area (Å²) in [6.07, 6.45) is 0.917. The molecule has 154 valence electrons. The van der Waals surface area contributed by atoms with Crippen LogP contribution in [0.1, 0.15) is 11.1 Å². The van der Waals surface area contributed by atoms with Gasteiger partial charge >= 0.3 is 22.5 Å². The molecule has 0 saturated heterocycles. The van der Waals surface area contributed by atoms with Crippen molar-refractivity contribution in [2.45, 2.75) is 6.42 Å². The van der Waals surface area contributed by atoms with E-state index in [4.69, 9.17) is 11.5 Å². The summed E-state index contributed by atoms with van der Waals surface area (Å²) in [6.45, 7) is 0. The Kier molecular flexibility index (Phi) is 4.96. The third-order valence-corrected chi connectivity index (χ3v) is 4.78. The van der Waals surface area contributed by atoms with Crippen molar-refractivity contribution in [1.29, 1.82) is 0 Å². The Balaban J connectivity index is 0.000000150. The highest BCUT2D eigenvalue weighted by atomic mass is 16.4. The molecule has 0 unspecified atom stereocenters. The van der Waals surface area contributed by atoms with E-state index in [-0.39, 0.29) is 21.5 Å². The fraction of sp³-hybridized carbons (Fsp3) is 0.0435. The number of benzene rings is 3. The van der Waals surface area contributed by atoms with E-state index in [1.54, 1.807) is 0 Å². The predicted octanol–water partition coefficient (Wildman–Crippen LogP) is 1.94. The van der Waals surface area contributed by atoms with Crippen LogP contribution < -0.4 is 34.0 Å². The van der Waals surface area contributed by atoms with Crippen molar-refractivity contribution in [2.24, 2.45) is 0 Å². The largest absolute Gasteiger partial charge is 0.399 e. The monoisotopic (exact) mass is 416 g/mol. The summed E-state index contributed by atoms with van der Waals surface area (Å²) < 4.78 is 8.68. The second-order valence-corrected chi connectivity index (χ2v) is 6.96. The van der Waals surface area contributed by atoms with E-state index in [1.807, 2.05) is 48.5 Å². The first-order valence-electron chi connectivity index (χ1n) is 9.21. The lowest BCUT2D eigenvalue weighted by Gasteiger charge is -2.02. The average Bonchev–Trinajstić information content (AvgIpc) is 3.19. The third kappa shape index (κ3) is 3.99. The van der Waals surface area contributed by atoms with Gasteiger partial charge in [-0.3, -0.25) is 0 Å². The summed E-state index contributed by atoms with van der Waals surface area (Å²) in [4.78, 5) is 44.7. The van der Waals surface area contributed by atoms with Crippen LogP contribution in [0.4, 0.5) is 11.4 Å². The van der Waals surface area contributed by atoms with E-state index in [2.05, 4.69) is 8.83 Å². The Bertz CT molecular complexity index is 1400. The minimum atomic E-state index is -0.824. The summed E-state index contributed by atoms with van der Waals surface area (Å²) in [5, 5.41) is -0.0726. The van der Waals surface area contributed by atoms with Gasteiger partial charge in [-0.25, -0.2) is 19.2 Å². The van der Waals surface area contributed by atoms with Crippen LogP contribution in [0.5, 0.6) is 0 Å². The maximum atomic E-state index is 11.2. The van der Waals surface area contributed by atoms with Crippen LogP contribution in [0.15, 0.2) is 88.7 Å². The fourth-order valence-electron chi connectivity index (χ4n) is 3.17. The molecule has 0 saturated carbocycles. The SMILES string of the molecule is Nc1ccc(Cc2ccc(N)cc2)cc1.O=c1oc(=O)c2cc3c(=O)oc(=O)c3cc12. The van der Waals surface area contributed by atoms with E-state index in [9.17, 15) is 19.2 Å². The molecule has 31 heavy (non-hydrogen) atoms. The number of rotatable bonds is 2. The van der Waals surface area contributed by atoms with Gasteiger partial charge in [0, 0.05) is 11.4 Å². The molecule has 2 heterocycles. The molecule has 4 N–H and O–H groups in total. The van der Waals surface area contributed by atoms with E-state index in [0.717, 1.165) is 29.9 Å². The number of nitrogen functional groups attached to an aromatic ring is 2. The Morgan fingerprint density at radius 2 is 0.806 bits per heavy atom. The molecule has 8 heteroatoms. The Morgan fingerprint density at radius 3 is 1.10 bits per heavy atom. The van der Waals surface area contributed by atoms with E-state index in [1.165, 1.54) is 11.1 Å². The highest BCUT2D eigenvalue weighted by Gasteiger charge is 2.15. The van der Waals surface area contributed by atoms with Crippen molar-refractivity contribution >= 4 is 32.9 Å². The molecular weight excluding hydrogens is 400 g/mol. The number of fused-ring (bicyclic) bond motifs is 2. The molecule has 0 aliphatic rings. The van der Waals surface area contributed by atoms with Crippen LogP contribution in [-0.4, -0.2) is 0 Å². The standard InChI is InChI=1S/C13H14N2.C10H2O6/c14-12-5-1-10(2-6-12)9-11-3-7-13(15)8-4-11;11-7-3-1-4-6(10(14)16-8(4)12)2-5(3)9(13)15-7/h1-8H,9,14-15H2;1-2H. The van der Waals surface area contributed by atoms with Crippen molar-refractivity contribution in [1.82, 2.24) is 0 Å². The average molecular weight is 416 g/mol. The molecule has 0 fully saturated rings. The van der Waals surface area contributed by atoms with E-state index >= 15 is 0 Å². The number of nitrogens with two attached hydrogens (primary N) is 2. The first-order chi connectivity index (χ1) is 14.8. The molecule has 0 bridgehead atoms. The summed E-state index contributed by atoms with van der Waals surface area (Å²) in [6, 6.07) is 18.2. The second kappa shape index (κ2) is 7.75. The smallest absolute Gasteiger partial charge is 0.346 e. The number of anilines is 2. The van der Waals surface area contributed by atoms with Gasteiger partial charge in [0.1, 0.15) is 0 Å². The summed E-state index contributed by atoms with van der Waals surface area (Å²) in [5.41, 5.74) is 12.1. The number of hydrogen-bond acceptors (Lipinski definition) is 8. The van der Waals surface area contributed by atoms with Crippen LogP contribution in [0.25, 0.3) is 21.5 Å². The highest BCUT2D eigenvalue weighted by molar-refractivity contribution is 5.96. The van der Waals surface area contributed by atoms with Crippen molar-refractivity contribution < 1.29 is 8.83 Å². The lowest BCUT2D eigenvalue weighted by atomic mass is 10.0. The first-order valence-corrected chi connectivity index (χ1v) is 9.21. The van der Waals surface area contributed by atoms with Crippen molar-refractivity contribution in [3.05, 3.63) is 113 Å². The molecule has 0 aliphatic heterocycles. The minimum Gasteiger partial charge on any atom is -0.399 e. The maximum absolute atomic E-state index is 11.2. The Morgan fingerprint density at radius 1 is 0.516 bits per heavy atom. The van der Waals surface area contributed by atoms with Gasteiger partial charge in [-0.2, -0.15) is 0 Å². The van der Waals surface area contributed by atoms with Gasteiger partial charge in [0.2, 0.25) is 0 Å². The van der Waals surface area contributed by atoms with Gasteiger partial charge in [0.15, 0.2) is 0 Å². The first kappa shape index (κ1) is 19.8. The molecule has 0 atom stereocenters. The van der Waals surface area contributed by atoms with Crippen LogP contribution in [-0.2, 0) is 6.42 Å². The third-order valence-electron chi connectivity index (χ3n) is 4.78. The van der Waals surface area contributed by atoms with Crippen molar-refractivity contribution in [3.8, 4) is 0 Å². The zero-order chi connectivity index (χ0) is 22.1. The van der Waals surface area contributed by atoms with Gasteiger partial charge in [0.05, 0.1) is 21.5 Å². The Hall–Kier alpha value is -4.46.